The van der Waals surface area contributed by atoms with Crippen molar-refractivity contribution < 1.29 is 4.79 Å². The Balaban J connectivity index is 2.28. The summed E-state index contributed by atoms with van der Waals surface area (Å²) in [5.41, 5.74) is 9.68. The number of nitrogen functional groups attached to an aromatic ring is 1. The Hall–Kier alpha value is -2.36. The molecule has 0 unspecified atom stereocenters. The zero-order chi connectivity index (χ0) is 14.0. The lowest BCUT2D eigenvalue weighted by atomic mass is 10.1. The summed E-state index contributed by atoms with van der Waals surface area (Å²) in [5, 5.41) is 2.80. The molecular weight excluding hydrogens is 238 g/mol. The number of rotatable bonds is 2. The van der Waals surface area contributed by atoms with Gasteiger partial charge in [-0.05, 0) is 56.2 Å². The molecule has 3 N–H and O–H groups in total. The normalized spacial score (nSPS) is 10.3. The van der Waals surface area contributed by atoms with Crippen molar-refractivity contribution >= 4 is 17.4 Å². The van der Waals surface area contributed by atoms with E-state index in [4.69, 9.17) is 5.73 Å². The molecule has 0 saturated carbocycles. The number of carbonyl (C=O) groups excluding carboxylic acids is 1. The van der Waals surface area contributed by atoms with Crippen molar-refractivity contribution in [2.75, 3.05) is 11.1 Å². The first kappa shape index (κ1) is 13.1. The number of nitrogens with zero attached hydrogens (tertiary/aromatic N) is 1. The topological polar surface area (TPSA) is 68.0 Å². The first-order valence-electron chi connectivity index (χ1n) is 6.08. The zero-order valence-corrected chi connectivity index (χ0v) is 11.3. The maximum Gasteiger partial charge on any atom is 0.257 e. The van der Waals surface area contributed by atoms with Crippen molar-refractivity contribution in [1.29, 1.82) is 0 Å². The second-order valence-electron chi connectivity index (χ2n) is 4.70. The van der Waals surface area contributed by atoms with E-state index in [0.717, 1.165) is 16.8 Å². The van der Waals surface area contributed by atoms with Gasteiger partial charge in [-0.3, -0.25) is 4.79 Å². The standard InChI is InChI=1S/C15H17N3O/c1-9-6-11(3)17-14(7-9)18-15(19)13-8-12(16)5-4-10(13)2/h4-8H,16H2,1-3H3,(H,17,18,19). The predicted molar refractivity (Wildman–Crippen MR) is 77.3 cm³/mol. The van der Waals surface area contributed by atoms with E-state index in [2.05, 4.69) is 10.3 Å². The summed E-state index contributed by atoms with van der Waals surface area (Å²) in [4.78, 5) is 16.5. The van der Waals surface area contributed by atoms with E-state index >= 15 is 0 Å². The van der Waals surface area contributed by atoms with Crippen LogP contribution in [-0.4, -0.2) is 10.9 Å². The highest BCUT2D eigenvalue weighted by Gasteiger charge is 2.10. The second-order valence-corrected chi connectivity index (χ2v) is 4.70. The molecule has 1 amide bonds. The van der Waals surface area contributed by atoms with Crippen LogP contribution in [-0.2, 0) is 0 Å². The highest BCUT2D eigenvalue weighted by atomic mass is 16.1. The van der Waals surface area contributed by atoms with E-state index in [9.17, 15) is 4.79 Å². The van der Waals surface area contributed by atoms with Gasteiger partial charge in [0.2, 0.25) is 0 Å². The first-order valence-corrected chi connectivity index (χ1v) is 6.08. The summed E-state index contributed by atoms with van der Waals surface area (Å²) in [5.74, 6) is 0.367. The van der Waals surface area contributed by atoms with Crippen LogP contribution in [0.2, 0.25) is 0 Å². The Morgan fingerprint density at radius 3 is 2.58 bits per heavy atom. The molecule has 19 heavy (non-hydrogen) atoms. The quantitative estimate of drug-likeness (QED) is 0.811. The average Bonchev–Trinajstić information content (AvgIpc) is 2.30. The first-order chi connectivity index (χ1) is 8.95. The monoisotopic (exact) mass is 255 g/mol. The molecule has 0 spiro atoms. The van der Waals surface area contributed by atoms with Gasteiger partial charge in [-0.15, -0.1) is 0 Å². The third-order valence-electron chi connectivity index (χ3n) is 2.85. The van der Waals surface area contributed by atoms with Gasteiger partial charge >= 0.3 is 0 Å². The molecule has 4 nitrogen and oxygen atoms in total. The summed E-state index contributed by atoms with van der Waals surface area (Å²) in [6.07, 6.45) is 0. The molecule has 2 rings (SSSR count). The Labute approximate surface area is 112 Å². The summed E-state index contributed by atoms with van der Waals surface area (Å²) in [6.45, 7) is 5.74. The number of benzene rings is 1. The summed E-state index contributed by atoms with van der Waals surface area (Å²) in [7, 11) is 0. The molecular formula is C15H17N3O. The van der Waals surface area contributed by atoms with Crippen molar-refractivity contribution in [3.05, 3.63) is 52.7 Å². The summed E-state index contributed by atoms with van der Waals surface area (Å²) >= 11 is 0. The number of carbonyl (C=O) groups is 1. The van der Waals surface area contributed by atoms with Gasteiger partial charge in [0.05, 0.1) is 0 Å². The van der Waals surface area contributed by atoms with Gasteiger partial charge in [-0.25, -0.2) is 4.98 Å². The van der Waals surface area contributed by atoms with E-state index in [1.165, 1.54) is 0 Å². The lowest BCUT2D eigenvalue weighted by Gasteiger charge is -2.09. The number of hydrogen-bond donors (Lipinski definition) is 2. The van der Waals surface area contributed by atoms with Gasteiger partial charge in [-0.2, -0.15) is 0 Å². The fourth-order valence-electron chi connectivity index (χ4n) is 1.97. The zero-order valence-electron chi connectivity index (χ0n) is 11.3. The van der Waals surface area contributed by atoms with Gasteiger partial charge < -0.3 is 11.1 Å². The molecule has 98 valence electrons. The number of aromatic nitrogens is 1. The number of aryl methyl sites for hydroxylation is 3. The largest absolute Gasteiger partial charge is 0.399 e. The molecule has 1 aromatic carbocycles. The van der Waals surface area contributed by atoms with Crippen LogP contribution >= 0.6 is 0 Å². The molecule has 4 heteroatoms. The van der Waals surface area contributed by atoms with Crippen LogP contribution in [0.3, 0.4) is 0 Å². The van der Waals surface area contributed by atoms with E-state index in [-0.39, 0.29) is 5.91 Å². The maximum atomic E-state index is 12.2. The Bertz CT molecular complexity index is 615. The fourth-order valence-corrected chi connectivity index (χ4v) is 1.97. The summed E-state index contributed by atoms with van der Waals surface area (Å²) < 4.78 is 0. The fraction of sp³-hybridized carbons (Fsp3) is 0.200. The third-order valence-corrected chi connectivity index (χ3v) is 2.85. The van der Waals surface area contributed by atoms with Gasteiger partial charge in [0.1, 0.15) is 5.82 Å². The van der Waals surface area contributed by atoms with E-state index in [0.29, 0.717) is 17.1 Å². The van der Waals surface area contributed by atoms with Crippen molar-refractivity contribution in [3.63, 3.8) is 0 Å². The van der Waals surface area contributed by atoms with Crippen molar-refractivity contribution in [2.24, 2.45) is 0 Å². The number of pyridine rings is 1. The minimum absolute atomic E-state index is 0.192. The highest BCUT2D eigenvalue weighted by Crippen LogP contribution is 2.15. The van der Waals surface area contributed by atoms with Gasteiger partial charge in [-0.1, -0.05) is 6.07 Å². The van der Waals surface area contributed by atoms with Gasteiger partial charge in [0, 0.05) is 16.9 Å². The second kappa shape index (κ2) is 5.10. The SMILES string of the molecule is Cc1cc(C)nc(NC(=O)c2cc(N)ccc2C)c1. The van der Waals surface area contributed by atoms with E-state index < -0.39 is 0 Å². The van der Waals surface area contributed by atoms with Crippen LogP contribution in [0.1, 0.15) is 27.2 Å². The van der Waals surface area contributed by atoms with Crippen LogP contribution in [0.5, 0.6) is 0 Å². The molecule has 0 bridgehead atoms. The number of hydrogen-bond acceptors (Lipinski definition) is 3. The Kier molecular flexibility index (Phi) is 3.51. The molecule has 0 aliphatic heterocycles. The molecule has 1 aromatic heterocycles. The average molecular weight is 255 g/mol. The van der Waals surface area contributed by atoms with Crippen LogP contribution < -0.4 is 11.1 Å². The number of nitrogens with one attached hydrogen (secondary N) is 1. The van der Waals surface area contributed by atoms with Crippen LogP contribution in [0.4, 0.5) is 11.5 Å². The minimum Gasteiger partial charge on any atom is -0.399 e. The maximum absolute atomic E-state index is 12.2. The van der Waals surface area contributed by atoms with Gasteiger partial charge in [0.25, 0.3) is 5.91 Å². The molecule has 0 aliphatic rings. The minimum atomic E-state index is -0.192. The molecule has 0 aliphatic carbocycles. The number of nitrogens with two attached hydrogens (primary N) is 1. The van der Waals surface area contributed by atoms with Crippen molar-refractivity contribution in [2.45, 2.75) is 20.8 Å². The molecule has 0 saturated heterocycles. The molecule has 1 heterocycles. The Morgan fingerprint density at radius 2 is 1.89 bits per heavy atom. The third kappa shape index (κ3) is 3.10. The summed E-state index contributed by atoms with van der Waals surface area (Å²) in [6, 6.07) is 9.08. The van der Waals surface area contributed by atoms with Crippen molar-refractivity contribution in [3.8, 4) is 0 Å². The number of amides is 1. The molecule has 0 fully saturated rings. The molecule has 0 radical (unpaired) electrons. The van der Waals surface area contributed by atoms with E-state index in [1.807, 2.05) is 39.0 Å². The number of anilines is 2. The van der Waals surface area contributed by atoms with E-state index in [1.54, 1.807) is 12.1 Å². The predicted octanol–water partition coefficient (Wildman–Crippen LogP) is 2.84. The van der Waals surface area contributed by atoms with Gasteiger partial charge in [0.15, 0.2) is 0 Å². The van der Waals surface area contributed by atoms with Crippen LogP contribution in [0.15, 0.2) is 30.3 Å². The van der Waals surface area contributed by atoms with Crippen LogP contribution in [0.25, 0.3) is 0 Å². The molecule has 0 atom stereocenters. The Morgan fingerprint density at radius 1 is 1.16 bits per heavy atom. The molecule has 2 aromatic rings. The lowest BCUT2D eigenvalue weighted by molar-refractivity contribution is 0.102. The lowest BCUT2D eigenvalue weighted by Crippen LogP contribution is -2.15. The van der Waals surface area contributed by atoms with Crippen LogP contribution in [0, 0.1) is 20.8 Å². The van der Waals surface area contributed by atoms with Crippen molar-refractivity contribution in [1.82, 2.24) is 4.98 Å². The highest BCUT2D eigenvalue weighted by molar-refractivity contribution is 6.05. The smallest absolute Gasteiger partial charge is 0.257 e.